The van der Waals surface area contributed by atoms with Gasteiger partial charge in [0, 0.05) is 44.8 Å². The lowest BCUT2D eigenvalue weighted by Gasteiger charge is -2.13. The highest BCUT2D eigenvalue weighted by Crippen LogP contribution is 2.14. The van der Waals surface area contributed by atoms with Crippen molar-refractivity contribution in [1.29, 1.82) is 0 Å². The van der Waals surface area contributed by atoms with Gasteiger partial charge in [-0.15, -0.1) is 24.0 Å². The van der Waals surface area contributed by atoms with E-state index in [0.717, 1.165) is 81.5 Å². The van der Waals surface area contributed by atoms with Crippen LogP contribution in [0.25, 0.3) is 10.9 Å². The van der Waals surface area contributed by atoms with Crippen molar-refractivity contribution in [3.05, 3.63) is 36.4 Å². The van der Waals surface area contributed by atoms with Gasteiger partial charge < -0.3 is 25.4 Å². The lowest BCUT2D eigenvalue weighted by molar-refractivity contribution is 0.0424. The summed E-state index contributed by atoms with van der Waals surface area (Å²) < 4.78 is 11.1. The second-order valence-electron chi connectivity index (χ2n) is 6.71. The fourth-order valence-electron chi connectivity index (χ4n) is 3.03. The van der Waals surface area contributed by atoms with Crippen molar-refractivity contribution < 1.29 is 9.47 Å². The molecule has 1 fully saturated rings. The molecule has 3 N–H and O–H groups in total. The van der Waals surface area contributed by atoms with Crippen LogP contribution in [0.1, 0.15) is 19.8 Å². The van der Waals surface area contributed by atoms with E-state index in [0.29, 0.717) is 0 Å². The number of hydrogen-bond donors (Lipinski definition) is 3. The number of guanidine groups is 1. The summed E-state index contributed by atoms with van der Waals surface area (Å²) in [4.78, 5) is 9.23. The molecule has 1 unspecified atom stereocenters. The zero-order valence-corrected chi connectivity index (χ0v) is 19.4. The number of benzene rings is 1. The number of aromatic nitrogens is 1. The summed E-state index contributed by atoms with van der Waals surface area (Å²) in [5, 5.41) is 11.1. The molecule has 1 aliphatic heterocycles. The number of halogens is 1. The predicted octanol–water partition coefficient (Wildman–Crippen LogP) is 3.02. The van der Waals surface area contributed by atoms with Gasteiger partial charge >= 0.3 is 0 Å². The third-order valence-electron chi connectivity index (χ3n) is 4.48. The van der Waals surface area contributed by atoms with Crippen LogP contribution in [0.4, 0.5) is 5.82 Å². The molecule has 160 valence electrons. The number of nitrogens with one attached hydrogen (secondary N) is 3. The molecule has 1 atom stereocenters. The minimum Gasteiger partial charge on any atom is -0.379 e. The molecular weight excluding hydrogens is 481 g/mol. The van der Waals surface area contributed by atoms with Gasteiger partial charge in [-0.2, -0.15) is 0 Å². The molecule has 3 rings (SSSR count). The highest BCUT2D eigenvalue weighted by Gasteiger charge is 2.15. The van der Waals surface area contributed by atoms with Crippen LogP contribution in [0.5, 0.6) is 0 Å². The number of rotatable bonds is 10. The molecule has 2 heterocycles. The van der Waals surface area contributed by atoms with E-state index < -0.39 is 0 Å². The number of hydrogen-bond acceptors (Lipinski definition) is 5. The molecule has 2 aromatic rings. The Morgan fingerprint density at radius 2 is 2.10 bits per heavy atom. The van der Waals surface area contributed by atoms with Crippen LogP contribution in [0, 0.1) is 0 Å². The fraction of sp³-hybridized carbons (Fsp3) is 0.524. The third kappa shape index (κ3) is 8.31. The summed E-state index contributed by atoms with van der Waals surface area (Å²) in [7, 11) is 0. The minimum absolute atomic E-state index is 0. The Morgan fingerprint density at radius 1 is 1.21 bits per heavy atom. The highest BCUT2D eigenvalue weighted by molar-refractivity contribution is 14.0. The van der Waals surface area contributed by atoms with Crippen molar-refractivity contribution in [3.63, 3.8) is 0 Å². The molecule has 0 aliphatic carbocycles. The van der Waals surface area contributed by atoms with E-state index in [1.54, 1.807) is 0 Å². The molecule has 1 aromatic carbocycles. The van der Waals surface area contributed by atoms with Crippen LogP contribution in [-0.2, 0) is 9.47 Å². The van der Waals surface area contributed by atoms with Crippen molar-refractivity contribution in [2.75, 3.05) is 51.3 Å². The third-order valence-corrected chi connectivity index (χ3v) is 4.48. The van der Waals surface area contributed by atoms with Gasteiger partial charge in [0.05, 0.1) is 18.2 Å². The number of aliphatic imine (C=N–C) groups is 1. The summed E-state index contributed by atoms with van der Waals surface area (Å²) in [6.45, 7) is 7.44. The van der Waals surface area contributed by atoms with Gasteiger partial charge in [0.25, 0.3) is 0 Å². The van der Waals surface area contributed by atoms with Gasteiger partial charge in [-0.05, 0) is 38.0 Å². The number of ether oxygens (including phenoxy) is 2. The van der Waals surface area contributed by atoms with Crippen LogP contribution in [0.15, 0.2) is 41.4 Å². The maximum Gasteiger partial charge on any atom is 0.191 e. The molecule has 0 spiro atoms. The van der Waals surface area contributed by atoms with Gasteiger partial charge in [-0.1, -0.05) is 18.2 Å². The number of pyridine rings is 1. The van der Waals surface area contributed by atoms with Crippen LogP contribution < -0.4 is 16.0 Å². The smallest absolute Gasteiger partial charge is 0.191 e. The predicted molar refractivity (Wildman–Crippen MR) is 129 cm³/mol. The minimum atomic E-state index is 0. The molecule has 0 amide bonds. The summed E-state index contributed by atoms with van der Waals surface area (Å²) in [5.74, 6) is 1.72. The molecule has 1 saturated heterocycles. The number of para-hydroxylation sites is 1. The second kappa shape index (κ2) is 13.6. The van der Waals surface area contributed by atoms with E-state index in [1.807, 2.05) is 24.3 Å². The first kappa shape index (κ1) is 23.6. The van der Waals surface area contributed by atoms with Crippen LogP contribution in [0.3, 0.4) is 0 Å². The number of nitrogens with zero attached hydrogens (tertiary/aromatic N) is 2. The van der Waals surface area contributed by atoms with Gasteiger partial charge in [0.1, 0.15) is 5.82 Å². The zero-order valence-electron chi connectivity index (χ0n) is 17.0. The first-order chi connectivity index (χ1) is 13.8. The van der Waals surface area contributed by atoms with E-state index >= 15 is 0 Å². The van der Waals surface area contributed by atoms with E-state index in [-0.39, 0.29) is 30.1 Å². The van der Waals surface area contributed by atoms with E-state index in [9.17, 15) is 0 Å². The Hall–Kier alpha value is -1.65. The van der Waals surface area contributed by atoms with Crippen molar-refractivity contribution in [1.82, 2.24) is 15.6 Å². The Kier molecular flexibility index (Phi) is 11.0. The standard InChI is InChI=1S/C21H31N5O2.HI/c1-2-22-21(24-11-5-14-28-18-10-15-27-16-18)25-13-12-23-20-9-8-17-6-3-4-7-19(17)26-20;/h3-4,6-9,18H,2,5,10-16H2,1H3,(H,23,26)(H2,22,24,25);1H. The SMILES string of the molecule is CCNC(=NCCCOC1CCOC1)NCCNc1ccc2ccccc2n1.I. The summed E-state index contributed by atoms with van der Waals surface area (Å²) in [6, 6.07) is 12.2. The van der Waals surface area contributed by atoms with E-state index in [1.165, 1.54) is 0 Å². The molecular formula is C21H32IN5O2. The van der Waals surface area contributed by atoms with Gasteiger partial charge in [0.15, 0.2) is 5.96 Å². The molecule has 0 bridgehead atoms. The average molecular weight is 513 g/mol. The lowest BCUT2D eigenvalue weighted by atomic mass is 10.2. The largest absolute Gasteiger partial charge is 0.379 e. The maximum absolute atomic E-state index is 5.77. The Morgan fingerprint density at radius 3 is 2.93 bits per heavy atom. The van der Waals surface area contributed by atoms with Crippen LogP contribution in [-0.4, -0.2) is 63.0 Å². The average Bonchev–Trinajstić information content (AvgIpc) is 3.24. The monoisotopic (exact) mass is 513 g/mol. The Balaban J connectivity index is 0.00000300. The zero-order chi connectivity index (χ0) is 19.4. The first-order valence-corrected chi connectivity index (χ1v) is 10.2. The summed E-state index contributed by atoms with van der Waals surface area (Å²) >= 11 is 0. The molecule has 29 heavy (non-hydrogen) atoms. The molecule has 0 saturated carbocycles. The molecule has 7 nitrogen and oxygen atoms in total. The van der Waals surface area contributed by atoms with Gasteiger partial charge in [0.2, 0.25) is 0 Å². The normalized spacial score (nSPS) is 16.4. The van der Waals surface area contributed by atoms with Crippen molar-refractivity contribution >= 4 is 46.7 Å². The topological polar surface area (TPSA) is 79.8 Å². The molecule has 1 aromatic heterocycles. The van der Waals surface area contributed by atoms with Crippen LogP contribution >= 0.6 is 24.0 Å². The van der Waals surface area contributed by atoms with E-state index in [2.05, 4.69) is 45.0 Å². The van der Waals surface area contributed by atoms with Gasteiger partial charge in [-0.25, -0.2) is 4.98 Å². The van der Waals surface area contributed by atoms with Crippen LogP contribution in [0.2, 0.25) is 0 Å². The number of anilines is 1. The maximum atomic E-state index is 5.77. The van der Waals surface area contributed by atoms with Crippen molar-refractivity contribution in [2.45, 2.75) is 25.9 Å². The highest BCUT2D eigenvalue weighted by atomic mass is 127. The Bertz CT molecular complexity index is 753. The Labute approximate surface area is 190 Å². The lowest BCUT2D eigenvalue weighted by Crippen LogP contribution is -2.39. The molecule has 0 radical (unpaired) electrons. The number of fused-ring (bicyclic) bond motifs is 1. The van der Waals surface area contributed by atoms with Crippen molar-refractivity contribution in [2.24, 2.45) is 4.99 Å². The van der Waals surface area contributed by atoms with Gasteiger partial charge in [-0.3, -0.25) is 4.99 Å². The summed E-state index contributed by atoms with van der Waals surface area (Å²) in [6.07, 6.45) is 2.18. The second-order valence-corrected chi connectivity index (χ2v) is 6.71. The quantitative estimate of drug-likeness (QED) is 0.196. The molecule has 1 aliphatic rings. The molecule has 8 heteroatoms. The van der Waals surface area contributed by atoms with E-state index in [4.69, 9.17) is 9.47 Å². The summed E-state index contributed by atoms with van der Waals surface area (Å²) in [5.41, 5.74) is 1.00. The fourth-order valence-corrected chi connectivity index (χ4v) is 3.03. The first-order valence-electron chi connectivity index (χ1n) is 10.2. The van der Waals surface area contributed by atoms with Crippen molar-refractivity contribution in [3.8, 4) is 0 Å².